The molecule has 0 amide bonds. The van der Waals surface area contributed by atoms with Gasteiger partial charge >= 0.3 is 0 Å². The molecule has 1 heterocycles. The summed E-state index contributed by atoms with van der Waals surface area (Å²) in [6.45, 7) is 0. The lowest BCUT2D eigenvalue weighted by Crippen LogP contribution is -2.54. The normalized spacial score (nSPS) is 33.8. The molecule has 1 aromatic rings. The molecule has 2 unspecified atom stereocenters. The highest BCUT2D eigenvalue weighted by molar-refractivity contribution is 5.39. The lowest BCUT2D eigenvalue weighted by atomic mass is 9.75. The lowest BCUT2D eigenvalue weighted by molar-refractivity contribution is -0.114. The number of nitrogens with two attached hydrogens (primary N) is 1. The number of hydrogen-bond donors (Lipinski definition) is 1. The lowest BCUT2D eigenvalue weighted by Gasteiger charge is -2.47. The van der Waals surface area contributed by atoms with Gasteiger partial charge < -0.3 is 15.2 Å². The third kappa shape index (κ3) is 2.13. The van der Waals surface area contributed by atoms with Crippen molar-refractivity contribution in [1.82, 2.24) is 0 Å². The highest BCUT2D eigenvalue weighted by Gasteiger charge is 2.47. The van der Waals surface area contributed by atoms with Crippen LogP contribution < -0.4 is 10.5 Å². The summed E-state index contributed by atoms with van der Waals surface area (Å²) in [7, 11) is 1.73. The largest absolute Gasteiger partial charge is 0.484 e. The molecule has 3 nitrogen and oxygen atoms in total. The Morgan fingerprint density at radius 1 is 1.42 bits per heavy atom. The Labute approximate surface area is 112 Å². The Balaban J connectivity index is 1.97. The first-order valence-corrected chi connectivity index (χ1v) is 6.91. The van der Waals surface area contributed by atoms with Crippen LogP contribution in [0.25, 0.3) is 0 Å². The van der Waals surface area contributed by atoms with E-state index in [4.69, 9.17) is 15.2 Å². The fraction of sp³-hybridized carbons (Fsp3) is 0.600. The molecule has 0 bridgehead atoms. The minimum absolute atomic E-state index is 0.0745. The molecule has 1 aromatic carbocycles. The molecule has 1 saturated carbocycles. The van der Waals surface area contributed by atoms with E-state index in [9.17, 15) is 4.39 Å². The molecule has 1 fully saturated rings. The minimum atomic E-state index is -0.336. The zero-order chi connectivity index (χ0) is 13.5. The van der Waals surface area contributed by atoms with Gasteiger partial charge in [0.2, 0.25) is 0 Å². The standard InChI is InChI=1S/C15H20FNO2/c1-18-14-4-2-3-7-15(14)9-12(17)11-8-10(16)5-6-13(11)19-15/h5-6,8,12,14H,2-4,7,9,17H2,1H3/t12-,14?,15?/m1/s1. The second-order valence-corrected chi connectivity index (χ2v) is 5.63. The zero-order valence-electron chi connectivity index (χ0n) is 11.2. The number of hydrogen-bond acceptors (Lipinski definition) is 3. The van der Waals surface area contributed by atoms with E-state index in [0.29, 0.717) is 12.2 Å². The van der Waals surface area contributed by atoms with Crippen LogP contribution >= 0.6 is 0 Å². The van der Waals surface area contributed by atoms with Crippen molar-refractivity contribution in [3.05, 3.63) is 29.6 Å². The van der Waals surface area contributed by atoms with Crippen LogP contribution in [0.3, 0.4) is 0 Å². The van der Waals surface area contributed by atoms with Gasteiger partial charge in [-0.05, 0) is 37.5 Å². The molecule has 104 valence electrons. The molecule has 1 spiro atoms. The van der Waals surface area contributed by atoms with Crippen LogP contribution in [0.1, 0.15) is 43.7 Å². The van der Waals surface area contributed by atoms with Gasteiger partial charge in [0, 0.05) is 25.1 Å². The van der Waals surface area contributed by atoms with Gasteiger partial charge in [0.15, 0.2) is 0 Å². The Morgan fingerprint density at radius 2 is 2.26 bits per heavy atom. The van der Waals surface area contributed by atoms with Crippen molar-refractivity contribution < 1.29 is 13.9 Å². The number of halogens is 1. The summed E-state index contributed by atoms with van der Waals surface area (Å²) in [6.07, 6.45) is 5.01. The second-order valence-electron chi connectivity index (χ2n) is 5.63. The van der Waals surface area contributed by atoms with Gasteiger partial charge in [-0.25, -0.2) is 4.39 Å². The third-order valence-electron chi connectivity index (χ3n) is 4.44. The van der Waals surface area contributed by atoms with E-state index in [-0.39, 0.29) is 23.6 Å². The fourth-order valence-corrected chi connectivity index (χ4v) is 3.51. The van der Waals surface area contributed by atoms with Crippen molar-refractivity contribution in [3.63, 3.8) is 0 Å². The Bertz CT molecular complexity index is 479. The van der Waals surface area contributed by atoms with Crippen LogP contribution in [-0.4, -0.2) is 18.8 Å². The first-order valence-electron chi connectivity index (χ1n) is 6.91. The van der Waals surface area contributed by atoms with Gasteiger partial charge in [-0.2, -0.15) is 0 Å². The van der Waals surface area contributed by atoms with Crippen LogP contribution in [0.15, 0.2) is 18.2 Å². The third-order valence-corrected chi connectivity index (χ3v) is 4.44. The molecule has 4 heteroatoms. The van der Waals surface area contributed by atoms with E-state index in [2.05, 4.69) is 0 Å². The quantitative estimate of drug-likeness (QED) is 0.849. The number of methoxy groups -OCH3 is 1. The van der Waals surface area contributed by atoms with Crippen molar-refractivity contribution in [2.75, 3.05) is 7.11 Å². The van der Waals surface area contributed by atoms with Crippen LogP contribution in [0.5, 0.6) is 5.75 Å². The van der Waals surface area contributed by atoms with Gasteiger partial charge in [-0.15, -0.1) is 0 Å². The van der Waals surface area contributed by atoms with E-state index >= 15 is 0 Å². The van der Waals surface area contributed by atoms with Gasteiger partial charge in [-0.3, -0.25) is 0 Å². The molecular formula is C15H20FNO2. The van der Waals surface area contributed by atoms with Crippen molar-refractivity contribution in [2.24, 2.45) is 5.73 Å². The summed E-state index contributed by atoms with van der Waals surface area (Å²) >= 11 is 0. The maximum Gasteiger partial charge on any atom is 0.137 e. The van der Waals surface area contributed by atoms with Crippen LogP contribution in [-0.2, 0) is 4.74 Å². The Kier molecular flexibility index (Phi) is 3.23. The maximum absolute atomic E-state index is 13.3. The molecule has 0 saturated heterocycles. The maximum atomic E-state index is 13.3. The number of benzene rings is 1. The molecular weight excluding hydrogens is 245 g/mol. The first kappa shape index (κ1) is 12.9. The van der Waals surface area contributed by atoms with E-state index in [1.165, 1.54) is 12.1 Å². The van der Waals surface area contributed by atoms with Crippen molar-refractivity contribution in [2.45, 2.75) is 49.9 Å². The summed E-state index contributed by atoms with van der Waals surface area (Å²) in [5, 5.41) is 0. The molecule has 0 aromatic heterocycles. The predicted octanol–water partition coefficient (Wildman–Crippen LogP) is 2.94. The molecule has 3 rings (SSSR count). The fourth-order valence-electron chi connectivity index (χ4n) is 3.51. The summed E-state index contributed by atoms with van der Waals surface area (Å²) in [6, 6.07) is 4.41. The van der Waals surface area contributed by atoms with Crippen molar-refractivity contribution in [3.8, 4) is 5.75 Å². The Hall–Kier alpha value is -1.13. The SMILES string of the molecule is COC1CCCCC12C[C@@H](N)c1cc(F)ccc1O2. The summed E-state index contributed by atoms with van der Waals surface area (Å²) < 4.78 is 25.1. The van der Waals surface area contributed by atoms with Gasteiger partial charge in [-0.1, -0.05) is 6.42 Å². The zero-order valence-corrected chi connectivity index (χ0v) is 11.2. The Morgan fingerprint density at radius 3 is 3.05 bits per heavy atom. The van der Waals surface area contributed by atoms with Crippen molar-refractivity contribution in [1.29, 1.82) is 0 Å². The topological polar surface area (TPSA) is 44.5 Å². The van der Waals surface area contributed by atoms with Crippen LogP contribution in [0.2, 0.25) is 0 Å². The second kappa shape index (κ2) is 4.76. The highest BCUT2D eigenvalue weighted by atomic mass is 19.1. The van der Waals surface area contributed by atoms with Crippen LogP contribution in [0, 0.1) is 5.82 Å². The number of fused-ring (bicyclic) bond motifs is 1. The molecule has 0 radical (unpaired) electrons. The molecule has 19 heavy (non-hydrogen) atoms. The monoisotopic (exact) mass is 265 g/mol. The van der Waals surface area contributed by atoms with E-state index in [0.717, 1.165) is 31.2 Å². The molecule has 2 aliphatic rings. The van der Waals surface area contributed by atoms with E-state index in [1.54, 1.807) is 13.2 Å². The smallest absolute Gasteiger partial charge is 0.137 e. The molecule has 2 N–H and O–H groups in total. The number of ether oxygens (including phenoxy) is 2. The van der Waals surface area contributed by atoms with Gasteiger partial charge in [0.25, 0.3) is 0 Å². The summed E-state index contributed by atoms with van der Waals surface area (Å²) in [5.41, 5.74) is 6.67. The van der Waals surface area contributed by atoms with Gasteiger partial charge in [0.05, 0.1) is 6.10 Å². The van der Waals surface area contributed by atoms with E-state index < -0.39 is 0 Å². The van der Waals surface area contributed by atoms with E-state index in [1.807, 2.05) is 0 Å². The first-order chi connectivity index (χ1) is 9.14. The average Bonchev–Trinajstić information content (AvgIpc) is 2.40. The minimum Gasteiger partial charge on any atom is -0.484 e. The van der Waals surface area contributed by atoms with Crippen molar-refractivity contribution >= 4 is 0 Å². The molecule has 3 atom stereocenters. The summed E-state index contributed by atoms with van der Waals surface area (Å²) in [4.78, 5) is 0. The van der Waals surface area contributed by atoms with Crippen LogP contribution in [0.4, 0.5) is 4.39 Å². The predicted molar refractivity (Wildman–Crippen MR) is 70.6 cm³/mol. The number of rotatable bonds is 1. The highest BCUT2D eigenvalue weighted by Crippen LogP contribution is 2.46. The summed E-state index contributed by atoms with van der Waals surface area (Å²) in [5.74, 6) is 0.449. The molecule has 1 aliphatic heterocycles. The average molecular weight is 265 g/mol. The van der Waals surface area contributed by atoms with Gasteiger partial charge in [0.1, 0.15) is 17.2 Å². The molecule has 1 aliphatic carbocycles.